The monoisotopic (exact) mass is 326 g/mol. The number of anilines is 2. The van der Waals surface area contributed by atoms with Crippen LogP contribution in [0.4, 0.5) is 11.4 Å². The predicted octanol–water partition coefficient (Wildman–Crippen LogP) is 2.50. The number of halogens is 2. The molecule has 4 nitrogen and oxygen atoms in total. The van der Waals surface area contributed by atoms with E-state index < -0.39 is 10.0 Å². The minimum absolute atomic E-state index is 0.153. The molecule has 0 saturated carbocycles. The lowest BCUT2D eigenvalue weighted by atomic mass is 10.2. The van der Waals surface area contributed by atoms with Crippen LogP contribution in [-0.4, -0.2) is 27.2 Å². The molecule has 1 aromatic carbocycles. The van der Waals surface area contributed by atoms with Gasteiger partial charge in [0.2, 0.25) is 10.0 Å². The Morgan fingerprint density at radius 1 is 1.44 bits per heavy atom. The van der Waals surface area contributed by atoms with Gasteiger partial charge in [-0.25, -0.2) is 8.42 Å². The average molecular weight is 328 g/mol. The van der Waals surface area contributed by atoms with Crippen molar-refractivity contribution in [1.82, 2.24) is 0 Å². The van der Waals surface area contributed by atoms with Crippen LogP contribution in [0, 0.1) is 0 Å². The molecule has 0 saturated heterocycles. The molecule has 7 heteroatoms. The summed E-state index contributed by atoms with van der Waals surface area (Å²) >= 11 is 8.74. The quantitative estimate of drug-likeness (QED) is 0.865. The van der Waals surface area contributed by atoms with E-state index in [2.05, 4.69) is 20.7 Å². The first kappa shape index (κ1) is 13.6. The molecule has 0 radical (unpaired) electrons. The summed E-state index contributed by atoms with van der Waals surface area (Å²) in [6, 6.07) is 5.05. The summed E-state index contributed by atoms with van der Waals surface area (Å²) in [5, 5.41) is 0.484. The fourth-order valence-electron chi connectivity index (χ4n) is 1.17. The number of hydrogen-bond acceptors (Lipinski definition) is 3. The number of benzene rings is 1. The standard InChI is InChI=1S/C9H12BrClN2O2S/c1-13(2)9-4-3-7(11)5-8(9)12-16(14,15)6-10/h3-5,12H,6H2,1-2H3. The zero-order valence-corrected chi connectivity index (χ0v) is 12.0. The Morgan fingerprint density at radius 3 is 2.56 bits per heavy atom. The third kappa shape index (κ3) is 3.54. The van der Waals surface area contributed by atoms with Gasteiger partial charge in [0.25, 0.3) is 0 Å². The first-order chi connectivity index (χ1) is 7.35. The molecule has 0 fully saturated rings. The Labute approximate surface area is 109 Å². The van der Waals surface area contributed by atoms with E-state index in [0.29, 0.717) is 10.7 Å². The van der Waals surface area contributed by atoms with Gasteiger partial charge in [0.15, 0.2) is 0 Å². The number of alkyl halides is 1. The fourth-order valence-corrected chi connectivity index (χ4v) is 2.24. The second-order valence-electron chi connectivity index (χ2n) is 3.38. The van der Waals surface area contributed by atoms with Gasteiger partial charge in [-0.05, 0) is 18.2 Å². The summed E-state index contributed by atoms with van der Waals surface area (Å²) in [4.78, 5) is 1.81. The van der Waals surface area contributed by atoms with E-state index in [-0.39, 0.29) is 4.66 Å². The molecule has 0 aliphatic carbocycles. The van der Waals surface area contributed by atoms with E-state index in [1.54, 1.807) is 18.2 Å². The summed E-state index contributed by atoms with van der Waals surface area (Å²) in [5.41, 5.74) is 1.23. The van der Waals surface area contributed by atoms with Crippen molar-refractivity contribution in [3.63, 3.8) is 0 Å². The summed E-state index contributed by atoms with van der Waals surface area (Å²) < 4.78 is 25.2. The number of sulfonamides is 1. The molecule has 0 aliphatic rings. The molecule has 0 aliphatic heterocycles. The molecule has 0 bridgehead atoms. The highest BCUT2D eigenvalue weighted by molar-refractivity contribution is 9.10. The predicted molar refractivity (Wildman–Crippen MR) is 72.1 cm³/mol. The molecule has 0 unspecified atom stereocenters. The highest BCUT2D eigenvalue weighted by atomic mass is 79.9. The molecule has 1 aromatic rings. The maximum atomic E-state index is 11.4. The van der Waals surface area contributed by atoms with Crippen LogP contribution in [0.5, 0.6) is 0 Å². The van der Waals surface area contributed by atoms with Crippen LogP contribution in [0.25, 0.3) is 0 Å². The smallest absolute Gasteiger partial charge is 0.242 e. The highest BCUT2D eigenvalue weighted by Gasteiger charge is 2.12. The Hall–Kier alpha value is -0.460. The molecule has 0 atom stereocenters. The minimum atomic E-state index is -3.36. The van der Waals surface area contributed by atoms with Crippen molar-refractivity contribution in [1.29, 1.82) is 0 Å². The van der Waals surface area contributed by atoms with Crippen LogP contribution in [0.15, 0.2) is 18.2 Å². The molecular weight excluding hydrogens is 316 g/mol. The third-order valence-corrected chi connectivity index (χ3v) is 4.71. The summed E-state index contributed by atoms with van der Waals surface area (Å²) in [6.45, 7) is 0. The first-order valence-corrected chi connectivity index (χ1v) is 7.54. The zero-order chi connectivity index (χ0) is 12.3. The van der Waals surface area contributed by atoms with E-state index in [0.717, 1.165) is 5.69 Å². The number of rotatable bonds is 4. The van der Waals surface area contributed by atoms with Gasteiger partial charge in [0, 0.05) is 19.1 Å². The van der Waals surface area contributed by atoms with Gasteiger partial charge >= 0.3 is 0 Å². The van der Waals surface area contributed by atoms with E-state index in [1.807, 2.05) is 19.0 Å². The largest absolute Gasteiger partial charge is 0.376 e. The van der Waals surface area contributed by atoms with Crippen molar-refractivity contribution in [3.8, 4) is 0 Å². The SMILES string of the molecule is CN(C)c1ccc(Cl)cc1NS(=O)(=O)CBr. The molecule has 1 N–H and O–H groups in total. The molecule has 90 valence electrons. The van der Waals surface area contributed by atoms with Crippen LogP contribution in [0.3, 0.4) is 0 Å². The minimum Gasteiger partial charge on any atom is -0.376 e. The molecular formula is C9H12BrClN2O2S. The van der Waals surface area contributed by atoms with Crippen molar-refractivity contribution in [2.75, 3.05) is 28.4 Å². The van der Waals surface area contributed by atoms with Crippen LogP contribution < -0.4 is 9.62 Å². The summed E-state index contributed by atoms with van der Waals surface area (Å²) in [5.74, 6) is 0. The number of hydrogen-bond donors (Lipinski definition) is 1. The van der Waals surface area contributed by atoms with Crippen molar-refractivity contribution >= 4 is 48.9 Å². The van der Waals surface area contributed by atoms with E-state index in [1.165, 1.54) is 0 Å². The van der Waals surface area contributed by atoms with Crippen molar-refractivity contribution in [2.24, 2.45) is 0 Å². The molecule has 0 spiro atoms. The zero-order valence-electron chi connectivity index (χ0n) is 8.87. The van der Waals surface area contributed by atoms with Gasteiger partial charge in [-0.15, -0.1) is 0 Å². The first-order valence-electron chi connectivity index (χ1n) is 4.39. The summed E-state index contributed by atoms with van der Waals surface area (Å²) in [6.07, 6.45) is 0. The van der Waals surface area contributed by atoms with Gasteiger partial charge in [0.05, 0.1) is 11.4 Å². The second-order valence-corrected chi connectivity index (χ2v) is 6.84. The lowest BCUT2D eigenvalue weighted by Crippen LogP contribution is -2.17. The highest BCUT2D eigenvalue weighted by Crippen LogP contribution is 2.28. The topological polar surface area (TPSA) is 49.4 Å². The van der Waals surface area contributed by atoms with Crippen LogP contribution in [0.2, 0.25) is 5.02 Å². The van der Waals surface area contributed by atoms with Crippen molar-refractivity contribution in [2.45, 2.75) is 0 Å². The van der Waals surface area contributed by atoms with Crippen LogP contribution in [-0.2, 0) is 10.0 Å². The fraction of sp³-hybridized carbons (Fsp3) is 0.333. The Bertz CT molecular complexity index is 476. The Kier molecular flexibility index (Phi) is 4.46. The third-order valence-electron chi connectivity index (χ3n) is 1.85. The number of nitrogens with zero attached hydrogens (tertiary/aromatic N) is 1. The maximum Gasteiger partial charge on any atom is 0.242 e. The lowest BCUT2D eigenvalue weighted by molar-refractivity contribution is 0.606. The Balaban J connectivity index is 3.16. The second kappa shape index (κ2) is 5.25. The van der Waals surface area contributed by atoms with Gasteiger partial charge < -0.3 is 4.90 Å². The normalized spacial score (nSPS) is 11.2. The van der Waals surface area contributed by atoms with Crippen molar-refractivity contribution in [3.05, 3.63) is 23.2 Å². The van der Waals surface area contributed by atoms with Crippen LogP contribution in [0.1, 0.15) is 0 Å². The van der Waals surface area contributed by atoms with Gasteiger partial charge in [-0.1, -0.05) is 27.5 Å². The number of nitrogens with one attached hydrogen (secondary N) is 1. The molecule has 0 heterocycles. The molecule has 1 rings (SSSR count). The van der Waals surface area contributed by atoms with Crippen molar-refractivity contribution < 1.29 is 8.42 Å². The van der Waals surface area contributed by atoms with E-state index in [9.17, 15) is 8.42 Å². The Morgan fingerprint density at radius 2 is 2.06 bits per heavy atom. The van der Waals surface area contributed by atoms with Gasteiger partial charge in [-0.2, -0.15) is 0 Å². The van der Waals surface area contributed by atoms with Crippen LogP contribution >= 0.6 is 27.5 Å². The average Bonchev–Trinajstić information content (AvgIpc) is 2.16. The summed E-state index contributed by atoms with van der Waals surface area (Å²) in [7, 11) is 0.293. The molecule has 16 heavy (non-hydrogen) atoms. The molecule has 0 aromatic heterocycles. The van der Waals surface area contributed by atoms with E-state index in [4.69, 9.17) is 11.6 Å². The lowest BCUT2D eigenvalue weighted by Gasteiger charge is -2.18. The maximum absolute atomic E-state index is 11.4. The van der Waals surface area contributed by atoms with Gasteiger partial charge in [0.1, 0.15) is 4.66 Å². The van der Waals surface area contributed by atoms with E-state index >= 15 is 0 Å². The van der Waals surface area contributed by atoms with Gasteiger partial charge in [-0.3, -0.25) is 4.72 Å². The molecule has 0 amide bonds.